The minimum atomic E-state index is 0.269. The number of rotatable bonds is 5. The lowest BCUT2D eigenvalue weighted by molar-refractivity contribution is -0.118. The zero-order valence-electron chi connectivity index (χ0n) is 9.23. The van der Waals surface area contributed by atoms with Crippen LogP contribution in [-0.4, -0.2) is 10.8 Å². The summed E-state index contributed by atoms with van der Waals surface area (Å²) in [6.45, 7) is 0. The second-order valence-corrected chi connectivity index (χ2v) is 5.68. The van der Waals surface area contributed by atoms with Crippen LogP contribution >= 0.6 is 27.3 Å². The summed E-state index contributed by atoms with van der Waals surface area (Å²) in [5, 5.41) is 2.00. The van der Waals surface area contributed by atoms with Crippen molar-refractivity contribution in [3.63, 3.8) is 0 Å². The molecule has 0 saturated heterocycles. The van der Waals surface area contributed by atoms with Gasteiger partial charge in [-0.1, -0.05) is 6.07 Å². The second-order valence-electron chi connectivity index (χ2n) is 3.77. The maximum absolute atomic E-state index is 11.8. The topological polar surface area (TPSA) is 30.0 Å². The predicted molar refractivity (Wildman–Crippen MR) is 73.3 cm³/mol. The van der Waals surface area contributed by atoms with Crippen LogP contribution in [0.25, 0.3) is 0 Å². The summed E-state index contributed by atoms with van der Waals surface area (Å²) in [7, 11) is 0. The molecule has 0 fully saturated rings. The molecule has 17 heavy (non-hydrogen) atoms. The van der Waals surface area contributed by atoms with Crippen LogP contribution in [-0.2, 0) is 17.6 Å². The third-order valence-electron chi connectivity index (χ3n) is 2.38. The first-order valence-corrected chi connectivity index (χ1v) is 7.06. The Morgan fingerprint density at radius 1 is 1.41 bits per heavy atom. The van der Waals surface area contributed by atoms with Crippen LogP contribution in [0.4, 0.5) is 0 Å². The lowest BCUT2D eigenvalue weighted by Crippen LogP contribution is -2.03. The monoisotopic (exact) mass is 309 g/mol. The SMILES string of the molecule is O=C(CCc1ccccn1)Cc1cc(Br)cs1. The van der Waals surface area contributed by atoms with E-state index in [0.29, 0.717) is 12.8 Å². The van der Waals surface area contributed by atoms with Crippen molar-refractivity contribution >= 4 is 33.0 Å². The highest BCUT2D eigenvalue weighted by Crippen LogP contribution is 2.20. The molecule has 2 aromatic rings. The van der Waals surface area contributed by atoms with Gasteiger partial charge in [0.15, 0.2) is 0 Å². The van der Waals surface area contributed by atoms with Gasteiger partial charge in [-0.15, -0.1) is 11.3 Å². The first-order chi connectivity index (χ1) is 8.24. The fourth-order valence-electron chi connectivity index (χ4n) is 1.54. The molecule has 0 N–H and O–H groups in total. The number of hydrogen-bond acceptors (Lipinski definition) is 3. The average Bonchev–Trinajstić information content (AvgIpc) is 2.73. The number of thiophene rings is 1. The van der Waals surface area contributed by atoms with Crippen molar-refractivity contribution in [3.8, 4) is 0 Å². The third kappa shape index (κ3) is 4.06. The summed E-state index contributed by atoms with van der Waals surface area (Å²) in [5.74, 6) is 0.269. The van der Waals surface area contributed by atoms with E-state index in [1.165, 1.54) is 0 Å². The molecule has 4 heteroatoms. The summed E-state index contributed by atoms with van der Waals surface area (Å²) in [6, 6.07) is 7.79. The van der Waals surface area contributed by atoms with Crippen LogP contribution in [0.5, 0.6) is 0 Å². The van der Waals surface area contributed by atoms with E-state index in [9.17, 15) is 4.79 Å². The lowest BCUT2D eigenvalue weighted by atomic mass is 10.1. The number of Topliss-reactive ketones (excluding diaryl/α,β-unsaturated/α-hetero) is 1. The van der Waals surface area contributed by atoms with Crippen LogP contribution < -0.4 is 0 Å². The molecule has 0 aliphatic carbocycles. The fourth-order valence-corrected chi connectivity index (χ4v) is 3.02. The number of aromatic nitrogens is 1. The molecule has 0 aliphatic heterocycles. The van der Waals surface area contributed by atoms with Crippen LogP contribution in [0.3, 0.4) is 0 Å². The number of carbonyl (C=O) groups is 1. The number of pyridine rings is 1. The van der Waals surface area contributed by atoms with Gasteiger partial charge in [0.2, 0.25) is 0 Å². The van der Waals surface area contributed by atoms with E-state index in [-0.39, 0.29) is 5.78 Å². The minimum absolute atomic E-state index is 0.269. The van der Waals surface area contributed by atoms with E-state index in [0.717, 1.165) is 21.5 Å². The standard InChI is InChI=1S/C13H12BrNOS/c14-10-7-13(17-9-10)8-12(16)5-4-11-3-1-2-6-15-11/h1-3,6-7,9H,4-5,8H2. The van der Waals surface area contributed by atoms with Crippen LogP contribution in [0, 0.1) is 0 Å². The van der Waals surface area contributed by atoms with Crippen LogP contribution in [0.2, 0.25) is 0 Å². The number of halogens is 1. The van der Waals surface area contributed by atoms with Gasteiger partial charge in [0.05, 0.1) is 0 Å². The molecule has 0 spiro atoms. The van der Waals surface area contributed by atoms with Gasteiger partial charge in [0, 0.05) is 39.5 Å². The summed E-state index contributed by atoms with van der Waals surface area (Å²) in [6.07, 6.45) is 3.58. The maximum atomic E-state index is 11.8. The van der Waals surface area contributed by atoms with Gasteiger partial charge in [-0.05, 0) is 40.5 Å². The van der Waals surface area contributed by atoms with Crippen molar-refractivity contribution in [2.24, 2.45) is 0 Å². The molecular weight excluding hydrogens is 298 g/mol. The van der Waals surface area contributed by atoms with Gasteiger partial charge in [-0.25, -0.2) is 0 Å². The molecule has 2 rings (SSSR count). The quantitative estimate of drug-likeness (QED) is 0.844. The second kappa shape index (κ2) is 6.07. The summed E-state index contributed by atoms with van der Waals surface area (Å²) in [4.78, 5) is 17.1. The highest BCUT2D eigenvalue weighted by Gasteiger charge is 2.06. The molecule has 2 heterocycles. The van der Waals surface area contributed by atoms with Crippen molar-refractivity contribution in [1.82, 2.24) is 4.98 Å². The first-order valence-electron chi connectivity index (χ1n) is 5.38. The molecule has 2 nitrogen and oxygen atoms in total. The van der Waals surface area contributed by atoms with Crippen molar-refractivity contribution in [2.75, 3.05) is 0 Å². The van der Waals surface area contributed by atoms with Gasteiger partial charge in [0.25, 0.3) is 0 Å². The van der Waals surface area contributed by atoms with Crippen molar-refractivity contribution in [1.29, 1.82) is 0 Å². The number of ketones is 1. The van der Waals surface area contributed by atoms with Crippen LogP contribution in [0.15, 0.2) is 40.3 Å². The molecule has 0 saturated carbocycles. The molecule has 0 radical (unpaired) electrons. The van der Waals surface area contributed by atoms with E-state index in [1.54, 1.807) is 17.5 Å². The van der Waals surface area contributed by atoms with E-state index >= 15 is 0 Å². The highest BCUT2D eigenvalue weighted by atomic mass is 79.9. The van der Waals surface area contributed by atoms with Crippen molar-refractivity contribution in [3.05, 3.63) is 50.9 Å². The molecule has 0 amide bonds. The average molecular weight is 310 g/mol. The predicted octanol–water partition coefficient (Wildman–Crippen LogP) is 3.65. The Bertz CT molecular complexity index is 495. The smallest absolute Gasteiger partial charge is 0.138 e. The third-order valence-corrected chi connectivity index (χ3v) is 4.08. The Morgan fingerprint density at radius 2 is 2.29 bits per heavy atom. The van der Waals surface area contributed by atoms with E-state index in [2.05, 4.69) is 20.9 Å². The molecule has 0 aliphatic rings. The van der Waals surface area contributed by atoms with E-state index < -0.39 is 0 Å². The zero-order valence-corrected chi connectivity index (χ0v) is 11.6. The normalized spacial score (nSPS) is 10.4. The molecular formula is C13H12BrNOS. The molecule has 0 aromatic carbocycles. The molecule has 88 valence electrons. The summed E-state index contributed by atoms with van der Waals surface area (Å²) >= 11 is 5.00. The lowest BCUT2D eigenvalue weighted by Gasteiger charge is -1.99. The fraction of sp³-hybridized carbons (Fsp3) is 0.231. The number of nitrogens with zero attached hydrogens (tertiary/aromatic N) is 1. The Labute approximate surface area is 113 Å². The van der Waals surface area contributed by atoms with E-state index in [1.807, 2.05) is 29.6 Å². The van der Waals surface area contributed by atoms with Gasteiger partial charge < -0.3 is 0 Å². The number of hydrogen-bond donors (Lipinski definition) is 0. The molecule has 0 atom stereocenters. The Kier molecular flexibility index (Phi) is 4.45. The molecule has 2 aromatic heterocycles. The zero-order chi connectivity index (χ0) is 12.1. The first kappa shape index (κ1) is 12.5. The van der Waals surface area contributed by atoms with Gasteiger partial charge in [-0.3, -0.25) is 9.78 Å². The van der Waals surface area contributed by atoms with Gasteiger partial charge >= 0.3 is 0 Å². The Hall–Kier alpha value is -1.000. The van der Waals surface area contributed by atoms with Crippen molar-refractivity contribution < 1.29 is 4.79 Å². The highest BCUT2D eigenvalue weighted by molar-refractivity contribution is 9.10. The Balaban J connectivity index is 1.82. The number of carbonyl (C=O) groups excluding carboxylic acids is 1. The molecule has 0 bridgehead atoms. The van der Waals surface area contributed by atoms with Crippen molar-refractivity contribution in [2.45, 2.75) is 19.3 Å². The summed E-state index contributed by atoms with van der Waals surface area (Å²) in [5.41, 5.74) is 0.980. The van der Waals surface area contributed by atoms with Crippen LogP contribution in [0.1, 0.15) is 17.0 Å². The van der Waals surface area contributed by atoms with Gasteiger partial charge in [-0.2, -0.15) is 0 Å². The summed E-state index contributed by atoms with van der Waals surface area (Å²) < 4.78 is 1.05. The largest absolute Gasteiger partial charge is 0.299 e. The minimum Gasteiger partial charge on any atom is -0.299 e. The number of aryl methyl sites for hydroxylation is 1. The molecule has 0 unspecified atom stereocenters. The van der Waals surface area contributed by atoms with Gasteiger partial charge in [0.1, 0.15) is 5.78 Å². The maximum Gasteiger partial charge on any atom is 0.138 e. The van der Waals surface area contributed by atoms with E-state index in [4.69, 9.17) is 0 Å². The Morgan fingerprint density at radius 3 is 2.94 bits per heavy atom.